The van der Waals surface area contributed by atoms with Crippen molar-refractivity contribution in [3.63, 3.8) is 0 Å². The normalized spacial score (nSPS) is 23.3. The summed E-state index contributed by atoms with van der Waals surface area (Å²) in [5.41, 5.74) is 7.71. The fraction of sp³-hybridized carbons (Fsp3) is 0.774. The number of hydrogen-bond acceptors (Lipinski definition) is 7. The van der Waals surface area contributed by atoms with Gasteiger partial charge in [0.15, 0.2) is 11.5 Å². The van der Waals surface area contributed by atoms with Crippen molar-refractivity contribution in [2.45, 2.75) is 78.0 Å². The van der Waals surface area contributed by atoms with E-state index in [-0.39, 0.29) is 29.8 Å². The van der Waals surface area contributed by atoms with Crippen LogP contribution in [0.5, 0.6) is 11.5 Å². The minimum absolute atomic E-state index is 0.0133. The summed E-state index contributed by atoms with van der Waals surface area (Å²) >= 11 is 0. The van der Waals surface area contributed by atoms with Crippen molar-refractivity contribution in [2.24, 2.45) is 41.2 Å². The Morgan fingerprint density at radius 1 is 1.13 bits per heavy atom. The highest BCUT2D eigenvalue weighted by molar-refractivity contribution is 5.79. The largest absolute Gasteiger partial charge is 0.493 e. The van der Waals surface area contributed by atoms with Gasteiger partial charge < -0.3 is 35.1 Å². The van der Waals surface area contributed by atoms with Crippen molar-refractivity contribution in [3.05, 3.63) is 23.8 Å². The van der Waals surface area contributed by atoms with E-state index in [1.165, 1.54) is 6.42 Å². The first kappa shape index (κ1) is 31.7. The zero-order chi connectivity index (χ0) is 28.5. The number of aliphatic hydroxyl groups is 1. The molecule has 0 bridgehead atoms. The molecule has 8 nitrogen and oxygen atoms in total. The fourth-order valence-electron chi connectivity index (χ4n) is 5.70. The Labute approximate surface area is 235 Å². The number of nitrogens with one attached hydrogen (secondary N) is 1. The topological polar surface area (TPSA) is 112 Å². The second-order valence-corrected chi connectivity index (χ2v) is 12.2. The third kappa shape index (κ3) is 9.34. The Balaban J connectivity index is 1.55. The quantitative estimate of drug-likeness (QED) is 0.239. The zero-order valence-electron chi connectivity index (χ0n) is 24.9. The molecule has 8 heteroatoms. The second-order valence-electron chi connectivity index (χ2n) is 12.2. The number of rotatable bonds is 18. The van der Waals surface area contributed by atoms with Crippen molar-refractivity contribution in [2.75, 3.05) is 40.6 Å². The van der Waals surface area contributed by atoms with Crippen molar-refractivity contribution in [1.29, 1.82) is 0 Å². The van der Waals surface area contributed by atoms with Crippen LogP contribution in [0.25, 0.3) is 0 Å². The Morgan fingerprint density at radius 2 is 1.90 bits per heavy atom. The van der Waals surface area contributed by atoms with E-state index < -0.39 is 12.1 Å². The minimum atomic E-state index is -0.754. The highest BCUT2D eigenvalue weighted by Crippen LogP contribution is 2.47. The molecule has 2 fully saturated rings. The molecule has 0 aromatic heterocycles. The van der Waals surface area contributed by atoms with Gasteiger partial charge in [0.1, 0.15) is 0 Å². The summed E-state index contributed by atoms with van der Waals surface area (Å²) in [4.78, 5) is 13.0. The molecule has 1 unspecified atom stereocenters. The van der Waals surface area contributed by atoms with Crippen LogP contribution in [0.1, 0.15) is 58.9 Å². The van der Waals surface area contributed by atoms with Gasteiger partial charge in [-0.05, 0) is 73.0 Å². The molecule has 1 heterocycles. The third-order valence-corrected chi connectivity index (χ3v) is 8.58. The average Bonchev–Trinajstić information content (AvgIpc) is 3.58. The van der Waals surface area contributed by atoms with Crippen LogP contribution in [0.2, 0.25) is 0 Å². The van der Waals surface area contributed by atoms with Gasteiger partial charge in [0.25, 0.3) is 0 Å². The van der Waals surface area contributed by atoms with Crippen LogP contribution in [0.3, 0.4) is 0 Å². The second kappa shape index (κ2) is 15.2. The number of fused-ring (bicyclic) bond motifs is 1. The van der Waals surface area contributed by atoms with E-state index in [2.05, 4.69) is 25.2 Å². The van der Waals surface area contributed by atoms with Gasteiger partial charge in [0, 0.05) is 38.6 Å². The predicted octanol–water partition coefficient (Wildman–Crippen LogP) is 3.82. The molecular weight excluding hydrogens is 496 g/mol. The average molecular weight is 549 g/mol. The number of methoxy groups -OCH3 is 2. The summed E-state index contributed by atoms with van der Waals surface area (Å²) in [5, 5.41) is 14.2. The van der Waals surface area contributed by atoms with Crippen LogP contribution in [0.15, 0.2) is 18.2 Å². The van der Waals surface area contributed by atoms with E-state index in [1.54, 1.807) is 14.2 Å². The first-order valence-electron chi connectivity index (χ1n) is 14.8. The van der Waals surface area contributed by atoms with Crippen molar-refractivity contribution in [3.8, 4) is 11.5 Å². The molecule has 1 aromatic carbocycles. The number of amides is 1. The molecule has 1 saturated carbocycles. The molecule has 1 aliphatic carbocycles. The summed E-state index contributed by atoms with van der Waals surface area (Å²) in [5.74, 6) is 3.17. The van der Waals surface area contributed by atoms with Crippen LogP contribution in [0, 0.1) is 35.5 Å². The molecule has 0 spiro atoms. The van der Waals surface area contributed by atoms with E-state index in [0.29, 0.717) is 56.1 Å². The summed E-state index contributed by atoms with van der Waals surface area (Å²) < 4.78 is 22.3. The Morgan fingerprint density at radius 3 is 2.49 bits per heavy atom. The fourth-order valence-corrected chi connectivity index (χ4v) is 5.70. The van der Waals surface area contributed by atoms with Crippen LogP contribution >= 0.6 is 0 Å². The SMILES string of the molecule is COCCCOc1cc(C[C@@H](C[C@H](N)[C@@H](O)C[C@H](C(=O)NC[C@@H]2OCC3C[C@@H]32)C(C)C)C(C)C)ccc1OC. The molecule has 222 valence electrons. The number of hydrogen-bond donors (Lipinski definition) is 3. The molecule has 1 amide bonds. The molecule has 1 aromatic rings. The smallest absolute Gasteiger partial charge is 0.223 e. The lowest BCUT2D eigenvalue weighted by Crippen LogP contribution is -2.44. The summed E-state index contributed by atoms with van der Waals surface area (Å²) in [6.07, 6.45) is 3.24. The number of aliphatic hydroxyl groups excluding tert-OH is 1. The molecule has 0 radical (unpaired) electrons. The summed E-state index contributed by atoms with van der Waals surface area (Å²) in [6.45, 7) is 11.0. The number of benzene rings is 1. The Bertz CT molecular complexity index is 894. The van der Waals surface area contributed by atoms with Gasteiger partial charge in [-0.25, -0.2) is 0 Å². The lowest BCUT2D eigenvalue weighted by Gasteiger charge is -2.30. The van der Waals surface area contributed by atoms with E-state index in [9.17, 15) is 9.90 Å². The summed E-state index contributed by atoms with van der Waals surface area (Å²) in [6, 6.07) is 5.63. The van der Waals surface area contributed by atoms with Gasteiger partial charge in [-0.3, -0.25) is 4.79 Å². The molecule has 3 rings (SSSR count). The Kier molecular flexibility index (Phi) is 12.4. The number of nitrogens with two attached hydrogens (primary N) is 1. The number of ether oxygens (including phenoxy) is 4. The van der Waals surface area contributed by atoms with Gasteiger partial charge in [-0.2, -0.15) is 0 Å². The number of carbonyl (C=O) groups excluding carboxylic acids is 1. The van der Waals surface area contributed by atoms with Gasteiger partial charge in [-0.1, -0.05) is 33.8 Å². The molecule has 7 atom stereocenters. The molecule has 39 heavy (non-hydrogen) atoms. The maximum atomic E-state index is 13.0. The maximum absolute atomic E-state index is 13.0. The summed E-state index contributed by atoms with van der Waals surface area (Å²) in [7, 11) is 3.32. The molecule has 1 aliphatic heterocycles. The van der Waals surface area contributed by atoms with Gasteiger partial charge in [0.05, 0.1) is 32.5 Å². The van der Waals surface area contributed by atoms with Crippen molar-refractivity contribution >= 4 is 5.91 Å². The van der Waals surface area contributed by atoms with E-state index in [4.69, 9.17) is 24.7 Å². The Hall–Kier alpha value is -1.87. The van der Waals surface area contributed by atoms with Gasteiger partial charge >= 0.3 is 0 Å². The van der Waals surface area contributed by atoms with Crippen LogP contribution in [-0.4, -0.2) is 69.8 Å². The monoisotopic (exact) mass is 548 g/mol. The lowest BCUT2D eigenvalue weighted by atomic mass is 9.81. The zero-order valence-corrected chi connectivity index (χ0v) is 24.9. The van der Waals surface area contributed by atoms with Crippen LogP contribution in [-0.2, 0) is 20.7 Å². The van der Waals surface area contributed by atoms with Crippen molar-refractivity contribution in [1.82, 2.24) is 5.32 Å². The molecule has 1 saturated heterocycles. The third-order valence-electron chi connectivity index (χ3n) is 8.58. The van der Waals surface area contributed by atoms with E-state index in [0.717, 1.165) is 30.8 Å². The molecule has 4 N–H and O–H groups in total. The number of carbonyl (C=O) groups is 1. The first-order valence-corrected chi connectivity index (χ1v) is 14.8. The molecular formula is C31H52N2O6. The highest BCUT2D eigenvalue weighted by Gasteiger charge is 2.49. The lowest BCUT2D eigenvalue weighted by molar-refractivity contribution is -0.128. The van der Waals surface area contributed by atoms with Gasteiger partial charge in [-0.15, -0.1) is 0 Å². The standard InChI is InChI=1S/C31H52N2O6/c1-19(2)22(12-21-8-9-28(37-6)29(13-21)38-11-7-10-36-5)15-26(32)27(34)16-24(20(3)4)31(35)33-17-30-25-14-23(25)18-39-30/h8-9,13,19-20,22-27,30,34H,7,10-12,14-18,32H2,1-6H3,(H,33,35)/t22-,23?,24-,25-,26-,27-,30-/m0/s1. The first-order chi connectivity index (χ1) is 18.6. The van der Waals surface area contributed by atoms with E-state index in [1.807, 2.05) is 26.0 Å². The van der Waals surface area contributed by atoms with E-state index >= 15 is 0 Å². The van der Waals surface area contributed by atoms with Crippen LogP contribution in [0.4, 0.5) is 0 Å². The predicted molar refractivity (Wildman–Crippen MR) is 153 cm³/mol. The maximum Gasteiger partial charge on any atom is 0.223 e. The highest BCUT2D eigenvalue weighted by atomic mass is 16.5. The minimum Gasteiger partial charge on any atom is -0.493 e. The van der Waals surface area contributed by atoms with Gasteiger partial charge in [0.2, 0.25) is 5.91 Å². The van der Waals surface area contributed by atoms with Crippen LogP contribution < -0.4 is 20.5 Å². The van der Waals surface area contributed by atoms with Crippen molar-refractivity contribution < 1.29 is 28.8 Å². The molecule has 2 aliphatic rings.